The Labute approximate surface area is 363 Å². The molecule has 2 heterocycles. The van der Waals surface area contributed by atoms with Gasteiger partial charge in [0.05, 0.1) is 22.2 Å². The van der Waals surface area contributed by atoms with Crippen LogP contribution in [-0.2, 0) is 0 Å². The number of fused-ring (bicyclic) bond motifs is 10. The largest absolute Gasteiger partial charge is 0.292 e. The Bertz CT molecular complexity index is 3960. The third kappa shape index (κ3) is 5.60. The van der Waals surface area contributed by atoms with Gasteiger partial charge < -0.3 is 0 Å². The van der Waals surface area contributed by atoms with Gasteiger partial charge in [-0.2, -0.15) is 0 Å². The zero-order valence-electron chi connectivity index (χ0n) is 34.2. The third-order valence-electron chi connectivity index (χ3n) is 13.0. The Hall–Kier alpha value is -8.40. The second kappa shape index (κ2) is 14.1. The molecule has 11 aromatic carbocycles. The lowest BCUT2D eigenvalue weighted by atomic mass is 9.87. The molecule has 0 spiro atoms. The van der Waals surface area contributed by atoms with Crippen molar-refractivity contribution >= 4 is 75.8 Å². The van der Waals surface area contributed by atoms with Crippen molar-refractivity contribution < 1.29 is 0 Å². The van der Waals surface area contributed by atoms with Crippen LogP contribution < -0.4 is 0 Å². The fraction of sp³-hybridized carbons (Fsp3) is 0. The highest BCUT2D eigenvalue weighted by molar-refractivity contribution is 6.21. The van der Waals surface area contributed by atoms with Crippen molar-refractivity contribution in [3.8, 4) is 50.6 Å². The molecule has 13 rings (SSSR count). The molecule has 0 amide bonds. The smallest absolute Gasteiger partial charge is 0.145 e. The van der Waals surface area contributed by atoms with Gasteiger partial charge in [-0.3, -0.25) is 4.57 Å². The molecule has 0 aliphatic rings. The number of benzene rings is 11. The number of pyridine rings is 1. The molecule has 63 heavy (non-hydrogen) atoms. The van der Waals surface area contributed by atoms with E-state index in [1.807, 2.05) is 0 Å². The van der Waals surface area contributed by atoms with E-state index >= 15 is 0 Å². The predicted molar refractivity (Wildman–Crippen MR) is 266 cm³/mol. The highest BCUT2D eigenvalue weighted by Crippen LogP contribution is 2.45. The highest BCUT2D eigenvalue weighted by atomic mass is 15.1. The average Bonchev–Trinajstić information content (AvgIpc) is 3.75. The van der Waals surface area contributed by atoms with Crippen LogP contribution in [0.1, 0.15) is 0 Å². The number of rotatable bonds is 5. The number of para-hydroxylation sites is 3. The summed E-state index contributed by atoms with van der Waals surface area (Å²) in [6.07, 6.45) is 0. The second-order valence-corrected chi connectivity index (χ2v) is 16.5. The number of aromatic nitrogens is 3. The lowest BCUT2D eigenvalue weighted by Gasteiger charge is -2.19. The van der Waals surface area contributed by atoms with E-state index < -0.39 is 0 Å². The van der Waals surface area contributed by atoms with Crippen molar-refractivity contribution in [3.63, 3.8) is 0 Å². The molecule has 0 aliphatic heterocycles. The second-order valence-electron chi connectivity index (χ2n) is 16.5. The van der Waals surface area contributed by atoms with Crippen molar-refractivity contribution in [3.05, 3.63) is 224 Å². The summed E-state index contributed by atoms with van der Waals surface area (Å²) in [7, 11) is 0. The molecule has 0 saturated heterocycles. The van der Waals surface area contributed by atoms with Gasteiger partial charge in [-0.1, -0.05) is 176 Å². The Morgan fingerprint density at radius 3 is 1.48 bits per heavy atom. The van der Waals surface area contributed by atoms with Crippen LogP contribution in [0.15, 0.2) is 224 Å². The summed E-state index contributed by atoms with van der Waals surface area (Å²) < 4.78 is 2.26. The Balaban J connectivity index is 1.08. The first-order valence-electron chi connectivity index (χ1n) is 21.6. The number of nitrogens with zero attached hydrogens (tertiary/aromatic N) is 3. The van der Waals surface area contributed by atoms with Crippen LogP contribution in [-0.4, -0.2) is 14.5 Å². The molecule has 292 valence electrons. The minimum Gasteiger partial charge on any atom is -0.292 e. The summed E-state index contributed by atoms with van der Waals surface area (Å²) in [6.45, 7) is 0. The van der Waals surface area contributed by atoms with Gasteiger partial charge in [0.25, 0.3) is 0 Å². The van der Waals surface area contributed by atoms with Crippen molar-refractivity contribution in [1.29, 1.82) is 0 Å². The topological polar surface area (TPSA) is 30.7 Å². The van der Waals surface area contributed by atoms with E-state index in [2.05, 4.69) is 229 Å². The minimum atomic E-state index is 0.917. The van der Waals surface area contributed by atoms with Gasteiger partial charge in [-0.15, -0.1) is 0 Å². The molecule has 0 aliphatic carbocycles. The summed E-state index contributed by atoms with van der Waals surface area (Å²) >= 11 is 0. The molecule has 0 bridgehead atoms. The monoisotopic (exact) mass is 799 g/mol. The van der Waals surface area contributed by atoms with Crippen LogP contribution in [0.5, 0.6) is 0 Å². The molecular formula is C60H37N3. The van der Waals surface area contributed by atoms with Crippen molar-refractivity contribution in [1.82, 2.24) is 14.5 Å². The van der Waals surface area contributed by atoms with Crippen LogP contribution in [0.25, 0.3) is 126 Å². The first-order chi connectivity index (χ1) is 31.2. The fourth-order valence-corrected chi connectivity index (χ4v) is 10.1. The van der Waals surface area contributed by atoms with E-state index in [4.69, 9.17) is 9.97 Å². The first-order valence-corrected chi connectivity index (χ1v) is 21.6. The average molecular weight is 800 g/mol. The zero-order valence-corrected chi connectivity index (χ0v) is 34.2. The van der Waals surface area contributed by atoms with Gasteiger partial charge in [0.1, 0.15) is 5.82 Å². The summed E-state index contributed by atoms with van der Waals surface area (Å²) in [4.78, 5) is 10.9. The quantitative estimate of drug-likeness (QED) is 0.162. The standard InChI is InChI=1S/C60H37N3/c1-2-18-42(19-3-1)63-58-29-15-14-28-56(58)62-60(63)39-32-30-38(31-33-39)51-36-55-53(52-34-40-16-4-6-20-43(40)45-22-8-10-24-47(45)52)37-57(61-59(55)50-27-13-12-26-49(50)51)54-35-41-17-5-7-21-44(41)46-23-9-11-25-48(46)54/h1-37H. The molecule has 0 radical (unpaired) electrons. The zero-order chi connectivity index (χ0) is 41.4. The van der Waals surface area contributed by atoms with E-state index in [-0.39, 0.29) is 0 Å². The summed E-state index contributed by atoms with van der Waals surface area (Å²) in [5, 5.41) is 13.2. The van der Waals surface area contributed by atoms with Gasteiger partial charge >= 0.3 is 0 Å². The van der Waals surface area contributed by atoms with Crippen LogP contribution in [0, 0.1) is 0 Å². The van der Waals surface area contributed by atoms with Gasteiger partial charge in [0, 0.05) is 27.6 Å². The normalized spacial score (nSPS) is 11.8. The van der Waals surface area contributed by atoms with E-state index in [9.17, 15) is 0 Å². The molecule has 0 fully saturated rings. The van der Waals surface area contributed by atoms with Crippen molar-refractivity contribution in [2.45, 2.75) is 0 Å². The maximum absolute atomic E-state index is 5.70. The number of hydrogen-bond donors (Lipinski definition) is 0. The van der Waals surface area contributed by atoms with E-state index in [1.165, 1.54) is 54.2 Å². The van der Waals surface area contributed by atoms with Crippen molar-refractivity contribution in [2.75, 3.05) is 0 Å². The summed E-state index contributed by atoms with van der Waals surface area (Å²) in [5.41, 5.74) is 11.9. The van der Waals surface area contributed by atoms with Gasteiger partial charge in [-0.25, -0.2) is 9.97 Å². The molecule has 3 nitrogen and oxygen atoms in total. The van der Waals surface area contributed by atoms with Crippen LogP contribution in [0.2, 0.25) is 0 Å². The Morgan fingerprint density at radius 1 is 0.302 bits per heavy atom. The maximum Gasteiger partial charge on any atom is 0.145 e. The molecule has 0 saturated carbocycles. The highest BCUT2D eigenvalue weighted by Gasteiger charge is 2.21. The SMILES string of the molecule is c1ccc(-n2c(-c3ccc(-c4cc5c(-c6cc7ccccc7c7ccccc67)cc(-c6cc7ccccc7c7ccccc67)nc5c5ccccc45)cc3)nc3ccccc32)cc1. The Morgan fingerprint density at radius 2 is 0.794 bits per heavy atom. The predicted octanol–water partition coefficient (Wildman–Crippen LogP) is 16.0. The van der Waals surface area contributed by atoms with Gasteiger partial charge in [-0.05, 0) is 119 Å². The lowest BCUT2D eigenvalue weighted by Crippen LogP contribution is -1.97. The molecule has 0 N–H and O–H groups in total. The molecule has 2 aromatic heterocycles. The van der Waals surface area contributed by atoms with Crippen LogP contribution in [0.4, 0.5) is 0 Å². The number of hydrogen-bond acceptors (Lipinski definition) is 2. The Kier molecular flexibility index (Phi) is 7.91. The molecule has 3 heteroatoms. The molecule has 13 aromatic rings. The fourth-order valence-electron chi connectivity index (χ4n) is 10.1. The van der Waals surface area contributed by atoms with Crippen molar-refractivity contribution in [2.24, 2.45) is 0 Å². The van der Waals surface area contributed by atoms with E-state index in [0.29, 0.717) is 0 Å². The molecular weight excluding hydrogens is 763 g/mol. The minimum absolute atomic E-state index is 0.917. The van der Waals surface area contributed by atoms with E-state index in [1.54, 1.807) is 0 Å². The van der Waals surface area contributed by atoms with Gasteiger partial charge in [0.2, 0.25) is 0 Å². The van der Waals surface area contributed by atoms with Crippen LogP contribution in [0.3, 0.4) is 0 Å². The molecule has 0 unspecified atom stereocenters. The number of imidazole rings is 1. The molecule has 0 atom stereocenters. The van der Waals surface area contributed by atoms with E-state index in [0.717, 1.165) is 72.2 Å². The third-order valence-corrected chi connectivity index (χ3v) is 13.0. The first kappa shape index (κ1) is 35.4. The maximum atomic E-state index is 5.70. The summed E-state index contributed by atoms with van der Waals surface area (Å²) in [6, 6.07) is 81.2. The summed E-state index contributed by atoms with van der Waals surface area (Å²) in [5.74, 6) is 0.917. The van der Waals surface area contributed by atoms with Gasteiger partial charge in [0.15, 0.2) is 0 Å². The van der Waals surface area contributed by atoms with Crippen LogP contribution >= 0.6 is 0 Å². The lowest BCUT2D eigenvalue weighted by molar-refractivity contribution is 1.10.